The van der Waals surface area contributed by atoms with E-state index < -0.39 is 11.7 Å². The van der Waals surface area contributed by atoms with Crippen molar-refractivity contribution in [3.63, 3.8) is 0 Å². The first-order valence-electron chi connectivity index (χ1n) is 9.90. The highest BCUT2D eigenvalue weighted by atomic mass is 16.6. The summed E-state index contributed by atoms with van der Waals surface area (Å²) in [7, 11) is 1.57. The van der Waals surface area contributed by atoms with Crippen LogP contribution in [0.3, 0.4) is 0 Å². The van der Waals surface area contributed by atoms with Gasteiger partial charge in [-0.25, -0.2) is 4.79 Å². The van der Waals surface area contributed by atoms with Gasteiger partial charge in [0, 0.05) is 17.8 Å². The molecule has 0 aliphatic carbocycles. The van der Waals surface area contributed by atoms with E-state index in [4.69, 9.17) is 9.47 Å². The normalized spacial score (nSPS) is 10.7. The number of anilines is 1. The highest BCUT2D eigenvalue weighted by Gasteiger charge is 2.16. The number of carbonyl (C=O) groups is 3. The number of amides is 3. The number of benzene rings is 2. The van der Waals surface area contributed by atoms with Crippen LogP contribution >= 0.6 is 0 Å². The summed E-state index contributed by atoms with van der Waals surface area (Å²) < 4.78 is 10.4. The van der Waals surface area contributed by atoms with E-state index in [-0.39, 0.29) is 31.3 Å². The van der Waals surface area contributed by atoms with Crippen LogP contribution in [0.25, 0.3) is 0 Å². The Kier molecular flexibility index (Phi) is 8.43. The molecule has 2 aromatic rings. The molecule has 2 aromatic carbocycles. The molecule has 0 aliphatic rings. The van der Waals surface area contributed by atoms with Crippen LogP contribution < -0.4 is 20.7 Å². The summed E-state index contributed by atoms with van der Waals surface area (Å²) in [6.07, 6.45) is -0.469. The molecule has 166 valence electrons. The van der Waals surface area contributed by atoms with Crippen LogP contribution in [-0.2, 0) is 27.3 Å². The third kappa shape index (κ3) is 8.77. The molecule has 3 amide bonds. The van der Waals surface area contributed by atoms with Crippen molar-refractivity contribution >= 4 is 23.6 Å². The number of methoxy groups -OCH3 is 1. The summed E-state index contributed by atoms with van der Waals surface area (Å²) in [6, 6.07) is 14.5. The lowest BCUT2D eigenvalue weighted by molar-refractivity contribution is -0.120. The summed E-state index contributed by atoms with van der Waals surface area (Å²) in [6.45, 7) is 5.30. The molecule has 0 aliphatic heterocycles. The van der Waals surface area contributed by atoms with Gasteiger partial charge in [-0.3, -0.25) is 9.59 Å². The van der Waals surface area contributed by atoms with E-state index in [1.54, 1.807) is 46.1 Å². The van der Waals surface area contributed by atoms with E-state index in [0.29, 0.717) is 11.4 Å². The Hall–Kier alpha value is -3.55. The fourth-order valence-corrected chi connectivity index (χ4v) is 2.72. The molecule has 0 spiro atoms. The van der Waals surface area contributed by atoms with E-state index >= 15 is 0 Å². The zero-order valence-electron chi connectivity index (χ0n) is 18.3. The van der Waals surface area contributed by atoms with Crippen LogP contribution in [0, 0.1) is 0 Å². The fraction of sp³-hybridized carbons (Fsp3) is 0.348. The fourth-order valence-electron chi connectivity index (χ4n) is 2.72. The van der Waals surface area contributed by atoms with Crippen molar-refractivity contribution in [1.82, 2.24) is 10.6 Å². The number of hydrogen-bond donors (Lipinski definition) is 3. The van der Waals surface area contributed by atoms with E-state index in [1.807, 2.05) is 30.3 Å². The van der Waals surface area contributed by atoms with Crippen molar-refractivity contribution in [2.24, 2.45) is 0 Å². The summed E-state index contributed by atoms with van der Waals surface area (Å²) in [5.41, 5.74) is 1.60. The first-order valence-corrected chi connectivity index (χ1v) is 9.90. The monoisotopic (exact) mass is 427 g/mol. The first-order chi connectivity index (χ1) is 14.7. The second kappa shape index (κ2) is 11.0. The van der Waals surface area contributed by atoms with Crippen molar-refractivity contribution in [2.75, 3.05) is 19.0 Å². The molecule has 0 unspecified atom stereocenters. The van der Waals surface area contributed by atoms with Gasteiger partial charge >= 0.3 is 6.09 Å². The molecule has 0 aromatic heterocycles. The van der Waals surface area contributed by atoms with Crippen molar-refractivity contribution < 1.29 is 23.9 Å². The van der Waals surface area contributed by atoms with Crippen molar-refractivity contribution in [2.45, 2.75) is 39.3 Å². The average Bonchev–Trinajstić information content (AvgIpc) is 2.70. The molecule has 0 heterocycles. The van der Waals surface area contributed by atoms with Gasteiger partial charge in [0.1, 0.15) is 17.9 Å². The Labute approximate surface area is 182 Å². The van der Waals surface area contributed by atoms with Gasteiger partial charge in [0.15, 0.2) is 0 Å². The molecule has 8 nitrogen and oxygen atoms in total. The minimum Gasteiger partial charge on any atom is -0.496 e. The molecule has 0 bridgehead atoms. The zero-order chi connectivity index (χ0) is 22.9. The van der Waals surface area contributed by atoms with Gasteiger partial charge in [0.2, 0.25) is 11.8 Å². The third-order valence-electron chi connectivity index (χ3n) is 4.04. The number of alkyl carbamates (subject to hydrolysis) is 1. The summed E-state index contributed by atoms with van der Waals surface area (Å²) in [4.78, 5) is 35.9. The predicted molar refractivity (Wildman–Crippen MR) is 118 cm³/mol. The van der Waals surface area contributed by atoms with Crippen molar-refractivity contribution in [1.29, 1.82) is 0 Å². The number of ether oxygens (including phenoxy) is 2. The van der Waals surface area contributed by atoms with Crippen LogP contribution in [0.15, 0.2) is 48.5 Å². The number of carbonyl (C=O) groups excluding carboxylic acids is 3. The standard InChI is InChI=1S/C23H29N3O5/c1-23(2,3)31-22(29)25-15-21(28)24-14-16-8-7-10-18(12-16)26-20(27)13-17-9-5-6-11-19(17)30-4/h5-12H,13-15H2,1-4H3,(H,24,28)(H,25,29)(H,26,27). The Balaban J connectivity index is 1.83. The van der Waals surface area contributed by atoms with E-state index in [1.165, 1.54) is 0 Å². The molecule has 3 N–H and O–H groups in total. The maximum absolute atomic E-state index is 12.4. The molecule has 31 heavy (non-hydrogen) atoms. The molecule has 0 fully saturated rings. The molecule has 0 saturated carbocycles. The lowest BCUT2D eigenvalue weighted by Crippen LogP contribution is -2.39. The SMILES string of the molecule is COc1ccccc1CC(=O)Nc1cccc(CNC(=O)CNC(=O)OC(C)(C)C)c1. The number of hydrogen-bond acceptors (Lipinski definition) is 5. The van der Waals surface area contributed by atoms with Gasteiger partial charge < -0.3 is 25.4 Å². The number of rotatable bonds is 8. The maximum atomic E-state index is 12.4. The molecule has 0 radical (unpaired) electrons. The zero-order valence-corrected chi connectivity index (χ0v) is 18.3. The topological polar surface area (TPSA) is 106 Å². The van der Waals surface area contributed by atoms with Crippen LogP contribution in [0.1, 0.15) is 31.9 Å². The number of para-hydroxylation sites is 1. The second-order valence-corrected chi connectivity index (χ2v) is 7.87. The number of nitrogens with one attached hydrogen (secondary N) is 3. The Morgan fingerprint density at radius 2 is 1.68 bits per heavy atom. The molecule has 2 rings (SSSR count). The maximum Gasteiger partial charge on any atom is 0.408 e. The van der Waals surface area contributed by atoms with Gasteiger partial charge in [0.25, 0.3) is 0 Å². The van der Waals surface area contributed by atoms with Crippen LogP contribution in [0.5, 0.6) is 5.75 Å². The minimum atomic E-state index is -0.651. The van der Waals surface area contributed by atoms with Crippen LogP contribution in [-0.4, -0.2) is 37.2 Å². The third-order valence-corrected chi connectivity index (χ3v) is 4.04. The molecule has 0 atom stereocenters. The largest absolute Gasteiger partial charge is 0.496 e. The molecule has 8 heteroatoms. The van der Waals surface area contributed by atoms with E-state index in [2.05, 4.69) is 16.0 Å². The lowest BCUT2D eigenvalue weighted by Gasteiger charge is -2.19. The van der Waals surface area contributed by atoms with Crippen LogP contribution in [0.2, 0.25) is 0 Å². The van der Waals surface area contributed by atoms with Gasteiger partial charge in [-0.05, 0) is 44.5 Å². The minimum absolute atomic E-state index is 0.174. The highest BCUT2D eigenvalue weighted by Crippen LogP contribution is 2.19. The Bertz CT molecular complexity index is 921. The smallest absolute Gasteiger partial charge is 0.408 e. The Morgan fingerprint density at radius 1 is 0.935 bits per heavy atom. The lowest BCUT2D eigenvalue weighted by atomic mass is 10.1. The molecular formula is C23H29N3O5. The van der Waals surface area contributed by atoms with E-state index in [9.17, 15) is 14.4 Å². The molecular weight excluding hydrogens is 398 g/mol. The van der Waals surface area contributed by atoms with Gasteiger partial charge in [-0.2, -0.15) is 0 Å². The molecule has 0 saturated heterocycles. The summed E-state index contributed by atoms with van der Waals surface area (Å²) >= 11 is 0. The van der Waals surface area contributed by atoms with Gasteiger partial charge in [-0.15, -0.1) is 0 Å². The Morgan fingerprint density at radius 3 is 2.39 bits per heavy atom. The highest BCUT2D eigenvalue weighted by molar-refractivity contribution is 5.92. The van der Waals surface area contributed by atoms with Crippen molar-refractivity contribution in [3.8, 4) is 5.75 Å². The van der Waals surface area contributed by atoms with Crippen molar-refractivity contribution in [3.05, 3.63) is 59.7 Å². The van der Waals surface area contributed by atoms with Gasteiger partial charge in [0.05, 0.1) is 13.5 Å². The summed E-state index contributed by atoms with van der Waals surface area (Å²) in [5.74, 6) is 0.137. The summed E-state index contributed by atoms with van der Waals surface area (Å²) in [5, 5.41) is 7.97. The quantitative estimate of drug-likeness (QED) is 0.601. The second-order valence-electron chi connectivity index (χ2n) is 7.87. The van der Waals surface area contributed by atoms with Crippen LogP contribution in [0.4, 0.5) is 10.5 Å². The predicted octanol–water partition coefficient (Wildman–Crippen LogP) is 3.02. The van der Waals surface area contributed by atoms with E-state index in [0.717, 1.165) is 11.1 Å². The van der Waals surface area contributed by atoms with Gasteiger partial charge in [-0.1, -0.05) is 30.3 Å². The first kappa shape index (κ1) is 23.7. The average molecular weight is 428 g/mol.